The number of nitrogens with zero attached hydrogens (tertiary/aromatic N) is 1. The molecule has 3 nitrogen and oxygen atoms in total. The minimum absolute atomic E-state index is 0.309. The number of ether oxygens (including phenoxy) is 1. The maximum absolute atomic E-state index is 9.32. The molecule has 0 heterocycles. The van der Waals surface area contributed by atoms with Crippen LogP contribution in [0.1, 0.15) is 13.3 Å². The second-order valence-electron chi connectivity index (χ2n) is 3.49. The molecule has 84 valence electrons. The Bertz CT molecular complexity index is 289. The molecule has 0 aliphatic heterocycles. The van der Waals surface area contributed by atoms with Gasteiger partial charge < -0.3 is 14.7 Å². The van der Waals surface area contributed by atoms with Crippen LogP contribution < -0.4 is 4.90 Å². The van der Waals surface area contributed by atoms with Crippen LogP contribution in [0.15, 0.2) is 24.3 Å². The van der Waals surface area contributed by atoms with Gasteiger partial charge in [-0.3, -0.25) is 0 Å². The van der Waals surface area contributed by atoms with Crippen molar-refractivity contribution in [3.05, 3.63) is 24.3 Å². The number of benzene rings is 1. The smallest absolute Gasteiger partial charge is 0.117 e. The lowest BCUT2D eigenvalue weighted by Gasteiger charge is -2.19. The van der Waals surface area contributed by atoms with Crippen LogP contribution in [0, 0.1) is 0 Å². The first-order valence-corrected chi connectivity index (χ1v) is 5.32. The molecule has 0 aliphatic carbocycles. The fourth-order valence-electron chi connectivity index (χ4n) is 1.41. The first-order chi connectivity index (χ1) is 7.24. The van der Waals surface area contributed by atoms with E-state index in [1.165, 1.54) is 0 Å². The van der Waals surface area contributed by atoms with E-state index in [1.807, 2.05) is 26.1 Å². The predicted octanol–water partition coefficient (Wildman–Crippen LogP) is 2.26. The average Bonchev–Trinajstić information content (AvgIpc) is 2.24. The van der Waals surface area contributed by atoms with Gasteiger partial charge in [0.2, 0.25) is 0 Å². The van der Waals surface area contributed by atoms with Crippen LogP contribution in [-0.4, -0.2) is 31.9 Å². The normalized spacial score (nSPS) is 10.3. The van der Waals surface area contributed by atoms with Crippen molar-refractivity contribution in [1.29, 1.82) is 0 Å². The van der Waals surface area contributed by atoms with Crippen LogP contribution >= 0.6 is 0 Å². The van der Waals surface area contributed by atoms with E-state index >= 15 is 0 Å². The Morgan fingerprint density at radius 2 is 2.20 bits per heavy atom. The lowest BCUT2D eigenvalue weighted by Crippen LogP contribution is -2.19. The molecular formula is C12H19NO2. The molecule has 0 unspecified atom stereocenters. The molecule has 15 heavy (non-hydrogen) atoms. The molecule has 0 saturated heterocycles. The molecule has 0 fully saturated rings. The maximum atomic E-state index is 9.32. The van der Waals surface area contributed by atoms with Crippen molar-refractivity contribution in [3.8, 4) is 5.75 Å². The third-order valence-electron chi connectivity index (χ3n) is 2.26. The SMILES string of the molecule is CCOCCCN(C)c1cccc(O)c1. The predicted molar refractivity (Wildman–Crippen MR) is 62.5 cm³/mol. The molecule has 1 N–H and O–H groups in total. The Labute approximate surface area is 91.3 Å². The quantitative estimate of drug-likeness (QED) is 0.729. The Hall–Kier alpha value is -1.22. The Morgan fingerprint density at radius 1 is 1.40 bits per heavy atom. The third kappa shape index (κ3) is 4.21. The molecular weight excluding hydrogens is 190 g/mol. The maximum Gasteiger partial charge on any atom is 0.117 e. The van der Waals surface area contributed by atoms with Gasteiger partial charge >= 0.3 is 0 Å². The minimum Gasteiger partial charge on any atom is -0.508 e. The molecule has 0 aromatic heterocycles. The number of phenols is 1. The highest BCUT2D eigenvalue weighted by molar-refractivity contribution is 5.49. The van der Waals surface area contributed by atoms with Gasteiger partial charge in [0, 0.05) is 38.6 Å². The van der Waals surface area contributed by atoms with Crippen molar-refractivity contribution in [1.82, 2.24) is 0 Å². The zero-order chi connectivity index (χ0) is 11.1. The summed E-state index contributed by atoms with van der Waals surface area (Å²) in [6, 6.07) is 7.28. The van der Waals surface area contributed by atoms with Crippen LogP contribution in [0.4, 0.5) is 5.69 Å². The van der Waals surface area contributed by atoms with E-state index in [0.717, 1.165) is 31.9 Å². The molecule has 0 spiro atoms. The number of phenolic OH excluding ortho intramolecular Hbond substituents is 1. The van der Waals surface area contributed by atoms with Crippen molar-refractivity contribution in [3.63, 3.8) is 0 Å². The Morgan fingerprint density at radius 3 is 2.87 bits per heavy atom. The van der Waals surface area contributed by atoms with E-state index in [0.29, 0.717) is 5.75 Å². The highest BCUT2D eigenvalue weighted by atomic mass is 16.5. The molecule has 0 radical (unpaired) electrons. The summed E-state index contributed by atoms with van der Waals surface area (Å²) in [5.74, 6) is 0.309. The van der Waals surface area contributed by atoms with Gasteiger partial charge in [0.25, 0.3) is 0 Å². The molecule has 0 saturated carbocycles. The third-order valence-corrected chi connectivity index (χ3v) is 2.26. The van der Waals surface area contributed by atoms with E-state index in [2.05, 4.69) is 4.90 Å². The topological polar surface area (TPSA) is 32.7 Å². The summed E-state index contributed by atoms with van der Waals surface area (Å²) in [7, 11) is 2.01. The Balaban J connectivity index is 2.36. The average molecular weight is 209 g/mol. The number of anilines is 1. The molecule has 0 atom stereocenters. The summed E-state index contributed by atoms with van der Waals surface area (Å²) in [5.41, 5.74) is 1.03. The van der Waals surface area contributed by atoms with Gasteiger partial charge in [-0.1, -0.05) is 6.07 Å². The van der Waals surface area contributed by atoms with Crippen LogP contribution in [0.5, 0.6) is 5.75 Å². The van der Waals surface area contributed by atoms with Gasteiger partial charge in [-0.25, -0.2) is 0 Å². The van der Waals surface area contributed by atoms with Crippen molar-refractivity contribution in [2.45, 2.75) is 13.3 Å². The summed E-state index contributed by atoms with van der Waals surface area (Å²) in [6.07, 6.45) is 1.000. The summed E-state index contributed by atoms with van der Waals surface area (Å²) >= 11 is 0. The molecule has 0 bridgehead atoms. The van der Waals surface area contributed by atoms with Crippen LogP contribution in [-0.2, 0) is 4.74 Å². The van der Waals surface area contributed by atoms with E-state index in [1.54, 1.807) is 12.1 Å². The lowest BCUT2D eigenvalue weighted by molar-refractivity contribution is 0.146. The van der Waals surface area contributed by atoms with Crippen molar-refractivity contribution < 1.29 is 9.84 Å². The van der Waals surface area contributed by atoms with Crippen molar-refractivity contribution in [2.75, 3.05) is 31.7 Å². The van der Waals surface area contributed by atoms with Gasteiger partial charge in [-0.15, -0.1) is 0 Å². The molecule has 1 aromatic rings. The molecule has 3 heteroatoms. The zero-order valence-corrected chi connectivity index (χ0v) is 9.44. The van der Waals surface area contributed by atoms with Crippen LogP contribution in [0.25, 0.3) is 0 Å². The van der Waals surface area contributed by atoms with Crippen LogP contribution in [0.3, 0.4) is 0 Å². The van der Waals surface area contributed by atoms with E-state index in [4.69, 9.17) is 4.74 Å². The standard InChI is InChI=1S/C12H19NO2/c1-3-15-9-5-8-13(2)11-6-4-7-12(14)10-11/h4,6-7,10,14H,3,5,8-9H2,1-2H3. The number of aromatic hydroxyl groups is 1. The zero-order valence-electron chi connectivity index (χ0n) is 9.44. The Kier molecular flexibility index (Phi) is 4.98. The van der Waals surface area contributed by atoms with Gasteiger partial charge in [0.1, 0.15) is 5.75 Å². The number of hydrogen-bond acceptors (Lipinski definition) is 3. The molecule has 1 aromatic carbocycles. The first-order valence-electron chi connectivity index (χ1n) is 5.32. The first kappa shape index (κ1) is 11.9. The van der Waals surface area contributed by atoms with E-state index in [-0.39, 0.29) is 0 Å². The monoisotopic (exact) mass is 209 g/mol. The molecule has 0 aliphatic rings. The fraction of sp³-hybridized carbons (Fsp3) is 0.500. The second kappa shape index (κ2) is 6.30. The summed E-state index contributed by atoms with van der Waals surface area (Å²) in [5, 5.41) is 9.32. The summed E-state index contributed by atoms with van der Waals surface area (Å²) in [4.78, 5) is 2.11. The second-order valence-corrected chi connectivity index (χ2v) is 3.49. The number of rotatable bonds is 6. The van der Waals surface area contributed by atoms with Crippen LogP contribution in [0.2, 0.25) is 0 Å². The van der Waals surface area contributed by atoms with Crippen molar-refractivity contribution >= 4 is 5.69 Å². The number of hydrogen-bond donors (Lipinski definition) is 1. The summed E-state index contributed by atoms with van der Waals surface area (Å²) < 4.78 is 5.27. The van der Waals surface area contributed by atoms with Gasteiger partial charge in [0.05, 0.1) is 0 Å². The lowest BCUT2D eigenvalue weighted by atomic mass is 10.2. The van der Waals surface area contributed by atoms with Gasteiger partial charge in [0.15, 0.2) is 0 Å². The molecule has 0 amide bonds. The van der Waals surface area contributed by atoms with Gasteiger partial charge in [-0.2, -0.15) is 0 Å². The van der Waals surface area contributed by atoms with Gasteiger partial charge in [-0.05, 0) is 25.5 Å². The highest BCUT2D eigenvalue weighted by Gasteiger charge is 2.00. The highest BCUT2D eigenvalue weighted by Crippen LogP contribution is 2.18. The largest absolute Gasteiger partial charge is 0.508 e. The fourth-order valence-corrected chi connectivity index (χ4v) is 1.41. The minimum atomic E-state index is 0.309. The molecule has 1 rings (SSSR count). The van der Waals surface area contributed by atoms with Crippen molar-refractivity contribution in [2.24, 2.45) is 0 Å². The van der Waals surface area contributed by atoms with E-state index in [9.17, 15) is 5.11 Å². The van der Waals surface area contributed by atoms with E-state index < -0.39 is 0 Å². The summed E-state index contributed by atoms with van der Waals surface area (Å²) in [6.45, 7) is 4.50.